The Morgan fingerprint density at radius 1 is 1.20 bits per heavy atom. The Labute approximate surface area is 121 Å². The van der Waals surface area contributed by atoms with Gasteiger partial charge < -0.3 is 9.64 Å². The third-order valence-electron chi connectivity index (χ3n) is 3.99. The molecule has 1 amide bonds. The van der Waals surface area contributed by atoms with Crippen LogP contribution in [0.2, 0.25) is 0 Å². The van der Waals surface area contributed by atoms with Gasteiger partial charge in [-0.3, -0.25) is 9.69 Å². The van der Waals surface area contributed by atoms with Crippen molar-refractivity contribution < 1.29 is 9.53 Å². The van der Waals surface area contributed by atoms with E-state index in [4.69, 9.17) is 4.74 Å². The van der Waals surface area contributed by atoms with Gasteiger partial charge in [-0.15, -0.1) is 0 Å². The number of benzene rings is 1. The van der Waals surface area contributed by atoms with Crippen LogP contribution < -0.4 is 4.74 Å². The molecule has 0 radical (unpaired) electrons. The number of hydrogen-bond donors (Lipinski definition) is 0. The van der Waals surface area contributed by atoms with Crippen LogP contribution in [-0.4, -0.2) is 54.5 Å². The molecule has 1 fully saturated rings. The number of hydrogen-bond acceptors (Lipinski definition) is 3. The highest BCUT2D eigenvalue weighted by Crippen LogP contribution is 2.11. The Hall–Kier alpha value is -1.55. The van der Waals surface area contributed by atoms with E-state index in [1.165, 1.54) is 0 Å². The minimum Gasteiger partial charge on any atom is -0.484 e. The van der Waals surface area contributed by atoms with Gasteiger partial charge in [-0.25, -0.2) is 0 Å². The first kappa shape index (κ1) is 14.9. The Kier molecular flexibility index (Phi) is 5.41. The second kappa shape index (κ2) is 7.29. The molecule has 1 aliphatic rings. The highest BCUT2D eigenvalue weighted by Gasteiger charge is 2.23. The summed E-state index contributed by atoms with van der Waals surface area (Å²) >= 11 is 0. The molecule has 1 aliphatic heterocycles. The molecule has 0 aromatic heterocycles. The van der Waals surface area contributed by atoms with Crippen LogP contribution >= 0.6 is 0 Å². The normalized spacial score (nSPS) is 17.8. The summed E-state index contributed by atoms with van der Waals surface area (Å²) in [6.07, 6.45) is 1.16. The summed E-state index contributed by atoms with van der Waals surface area (Å²) in [5.41, 5.74) is 0. The van der Waals surface area contributed by atoms with Crippen molar-refractivity contribution in [1.82, 2.24) is 9.80 Å². The molecule has 4 nitrogen and oxygen atoms in total. The standard InChI is InChI=1S/C16H24N2O2/c1-3-14(2)17-9-11-18(12-10-17)16(19)13-20-15-7-5-4-6-8-15/h4-8,14H,3,9-13H2,1-2H3/t14-/m1/s1. The minimum atomic E-state index is 0.0812. The van der Waals surface area contributed by atoms with E-state index >= 15 is 0 Å². The van der Waals surface area contributed by atoms with Gasteiger partial charge in [-0.05, 0) is 25.5 Å². The summed E-state index contributed by atoms with van der Waals surface area (Å²) in [5.74, 6) is 0.830. The van der Waals surface area contributed by atoms with Crippen molar-refractivity contribution in [2.45, 2.75) is 26.3 Å². The molecule has 0 N–H and O–H groups in total. The lowest BCUT2D eigenvalue weighted by Crippen LogP contribution is -2.52. The Morgan fingerprint density at radius 2 is 1.85 bits per heavy atom. The number of rotatable bonds is 5. The highest BCUT2D eigenvalue weighted by molar-refractivity contribution is 5.77. The maximum atomic E-state index is 12.1. The number of carbonyl (C=O) groups is 1. The van der Waals surface area contributed by atoms with E-state index in [9.17, 15) is 4.79 Å². The predicted octanol–water partition coefficient (Wildman–Crippen LogP) is 2.01. The molecule has 1 aromatic rings. The number of piperazine rings is 1. The molecular weight excluding hydrogens is 252 g/mol. The van der Waals surface area contributed by atoms with Gasteiger partial charge in [0.25, 0.3) is 5.91 Å². The lowest BCUT2D eigenvalue weighted by Gasteiger charge is -2.37. The van der Waals surface area contributed by atoms with Crippen molar-refractivity contribution in [1.29, 1.82) is 0 Å². The zero-order chi connectivity index (χ0) is 14.4. The van der Waals surface area contributed by atoms with Crippen molar-refractivity contribution >= 4 is 5.91 Å². The molecule has 2 rings (SSSR count). The molecule has 0 unspecified atom stereocenters. The van der Waals surface area contributed by atoms with E-state index in [1.54, 1.807) is 0 Å². The van der Waals surface area contributed by atoms with Gasteiger partial charge in [0, 0.05) is 32.2 Å². The van der Waals surface area contributed by atoms with E-state index in [0.29, 0.717) is 6.04 Å². The van der Waals surface area contributed by atoms with Crippen LogP contribution in [0.15, 0.2) is 30.3 Å². The summed E-state index contributed by atoms with van der Waals surface area (Å²) in [6, 6.07) is 10.1. The fourth-order valence-electron chi connectivity index (χ4n) is 2.42. The van der Waals surface area contributed by atoms with Gasteiger partial charge in [0.2, 0.25) is 0 Å². The van der Waals surface area contributed by atoms with Gasteiger partial charge in [-0.1, -0.05) is 25.1 Å². The number of carbonyl (C=O) groups excluding carboxylic acids is 1. The fourth-order valence-corrected chi connectivity index (χ4v) is 2.42. The molecule has 1 saturated heterocycles. The predicted molar refractivity (Wildman–Crippen MR) is 79.8 cm³/mol. The molecule has 110 valence electrons. The molecule has 0 saturated carbocycles. The van der Waals surface area contributed by atoms with Crippen LogP contribution in [0.1, 0.15) is 20.3 Å². The first-order chi connectivity index (χ1) is 9.70. The Bertz CT molecular complexity index is 414. The van der Waals surface area contributed by atoms with Crippen LogP contribution in [-0.2, 0) is 4.79 Å². The van der Waals surface area contributed by atoms with Crippen molar-refractivity contribution in [3.05, 3.63) is 30.3 Å². The SMILES string of the molecule is CC[C@@H](C)N1CCN(C(=O)COc2ccccc2)CC1. The maximum Gasteiger partial charge on any atom is 0.260 e. The highest BCUT2D eigenvalue weighted by atomic mass is 16.5. The topological polar surface area (TPSA) is 32.8 Å². The average molecular weight is 276 g/mol. The lowest BCUT2D eigenvalue weighted by molar-refractivity contribution is -0.135. The van der Waals surface area contributed by atoms with Crippen LogP contribution in [0.4, 0.5) is 0 Å². The first-order valence-electron chi connectivity index (χ1n) is 7.40. The fraction of sp³-hybridized carbons (Fsp3) is 0.562. The van der Waals surface area contributed by atoms with Crippen molar-refractivity contribution in [2.75, 3.05) is 32.8 Å². The van der Waals surface area contributed by atoms with E-state index in [2.05, 4.69) is 18.7 Å². The summed E-state index contributed by atoms with van der Waals surface area (Å²) in [4.78, 5) is 16.5. The molecule has 20 heavy (non-hydrogen) atoms. The third-order valence-corrected chi connectivity index (χ3v) is 3.99. The van der Waals surface area contributed by atoms with Gasteiger partial charge >= 0.3 is 0 Å². The summed E-state index contributed by atoms with van der Waals surface area (Å²) in [7, 11) is 0. The smallest absolute Gasteiger partial charge is 0.260 e. The monoisotopic (exact) mass is 276 g/mol. The number of amides is 1. The van der Waals surface area contributed by atoms with E-state index in [0.717, 1.165) is 38.3 Å². The van der Waals surface area contributed by atoms with Crippen LogP contribution in [0, 0.1) is 0 Å². The van der Waals surface area contributed by atoms with Crippen LogP contribution in [0.25, 0.3) is 0 Å². The van der Waals surface area contributed by atoms with Crippen molar-refractivity contribution in [3.63, 3.8) is 0 Å². The molecule has 1 aromatic carbocycles. The number of ether oxygens (including phenoxy) is 1. The van der Waals surface area contributed by atoms with Crippen LogP contribution in [0.3, 0.4) is 0 Å². The maximum absolute atomic E-state index is 12.1. The van der Waals surface area contributed by atoms with Crippen molar-refractivity contribution in [3.8, 4) is 5.75 Å². The van der Waals surface area contributed by atoms with E-state index < -0.39 is 0 Å². The van der Waals surface area contributed by atoms with Crippen LogP contribution in [0.5, 0.6) is 5.75 Å². The first-order valence-corrected chi connectivity index (χ1v) is 7.40. The average Bonchev–Trinajstić information content (AvgIpc) is 2.53. The Balaban J connectivity index is 1.75. The largest absolute Gasteiger partial charge is 0.484 e. The number of nitrogens with zero attached hydrogens (tertiary/aromatic N) is 2. The van der Waals surface area contributed by atoms with Gasteiger partial charge in [-0.2, -0.15) is 0 Å². The summed E-state index contributed by atoms with van der Waals surface area (Å²) in [5, 5.41) is 0. The number of para-hydroxylation sites is 1. The lowest BCUT2D eigenvalue weighted by atomic mass is 10.2. The second-order valence-electron chi connectivity index (χ2n) is 5.28. The second-order valence-corrected chi connectivity index (χ2v) is 5.28. The molecule has 0 spiro atoms. The molecular formula is C16H24N2O2. The summed E-state index contributed by atoms with van der Waals surface area (Å²) in [6.45, 7) is 8.13. The quantitative estimate of drug-likeness (QED) is 0.824. The minimum absolute atomic E-state index is 0.0812. The van der Waals surface area contributed by atoms with Crippen molar-refractivity contribution in [2.24, 2.45) is 0 Å². The van der Waals surface area contributed by atoms with Gasteiger partial charge in [0.15, 0.2) is 6.61 Å². The van der Waals surface area contributed by atoms with Gasteiger partial charge in [0.05, 0.1) is 0 Å². The molecule has 0 bridgehead atoms. The zero-order valence-electron chi connectivity index (χ0n) is 12.4. The summed E-state index contributed by atoms with van der Waals surface area (Å²) < 4.78 is 5.51. The molecule has 1 heterocycles. The van der Waals surface area contributed by atoms with Gasteiger partial charge in [0.1, 0.15) is 5.75 Å². The third kappa shape index (κ3) is 3.97. The van der Waals surface area contributed by atoms with E-state index in [-0.39, 0.29) is 12.5 Å². The molecule has 4 heteroatoms. The zero-order valence-corrected chi connectivity index (χ0v) is 12.4. The van der Waals surface area contributed by atoms with E-state index in [1.807, 2.05) is 35.2 Å². The Morgan fingerprint density at radius 3 is 2.45 bits per heavy atom. The molecule has 0 aliphatic carbocycles. The molecule has 1 atom stereocenters.